The maximum absolute atomic E-state index is 13.3. The molecule has 1 saturated heterocycles. The second kappa shape index (κ2) is 7.72. The summed E-state index contributed by atoms with van der Waals surface area (Å²) in [6, 6.07) is 6.44. The quantitative estimate of drug-likeness (QED) is 0.928. The molecule has 106 valence electrons. The number of piperazine rings is 1. The molecule has 6 heteroatoms. The minimum absolute atomic E-state index is 0. The molecule has 0 saturated carbocycles. The molecular weight excluding hydrogens is 287 g/mol. The summed E-state index contributed by atoms with van der Waals surface area (Å²) in [6.45, 7) is 2.16. The largest absolute Gasteiger partial charge is 0.332 e. The number of halogens is 2. The number of amides is 1. The van der Waals surface area contributed by atoms with Crippen molar-refractivity contribution in [2.24, 2.45) is 0 Å². The maximum atomic E-state index is 13.3. The monoisotopic (exact) mass is 304 g/mol. The Morgan fingerprint density at radius 1 is 1.58 bits per heavy atom. The van der Waals surface area contributed by atoms with Crippen molar-refractivity contribution in [1.82, 2.24) is 10.2 Å². The number of nitrogens with zero attached hydrogens (tertiary/aromatic N) is 1. The zero-order valence-corrected chi connectivity index (χ0v) is 12.4. The molecular formula is C13H18ClFN2OS. The van der Waals surface area contributed by atoms with Gasteiger partial charge in [-0.3, -0.25) is 4.79 Å². The summed E-state index contributed by atoms with van der Waals surface area (Å²) in [5, 5.41) is 3.26. The van der Waals surface area contributed by atoms with Crippen LogP contribution in [-0.2, 0) is 4.79 Å². The minimum atomic E-state index is -0.254. The molecule has 1 aromatic rings. The number of thioether (sulfide) groups is 1. The molecule has 19 heavy (non-hydrogen) atoms. The molecule has 0 bridgehead atoms. The van der Waals surface area contributed by atoms with Gasteiger partial charge in [0.1, 0.15) is 5.82 Å². The normalized spacial score (nSPS) is 18.8. The lowest BCUT2D eigenvalue weighted by atomic mass is 10.0. The van der Waals surface area contributed by atoms with E-state index in [1.807, 2.05) is 17.2 Å². The first kappa shape index (κ1) is 16.3. The lowest BCUT2D eigenvalue weighted by Crippen LogP contribution is -2.49. The van der Waals surface area contributed by atoms with Crippen LogP contribution in [0.15, 0.2) is 24.3 Å². The molecule has 0 aromatic heterocycles. The van der Waals surface area contributed by atoms with E-state index in [9.17, 15) is 9.18 Å². The van der Waals surface area contributed by atoms with Gasteiger partial charge in [-0.25, -0.2) is 4.39 Å². The number of carbonyl (C=O) groups is 1. The van der Waals surface area contributed by atoms with E-state index in [2.05, 4.69) is 5.32 Å². The highest BCUT2D eigenvalue weighted by Gasteiger charge is 2.27. The minimum Gasteiger partial charge on any atom is -0.332 e. The van der Waals surface area contributed by atoms with E-state index in [-0.39, 0.29) is 30.2 Å². The average Bonchev–Trinajstić information content (AvgIpc) is 2.39. The highest BCUT2D eigenvalue weighted by Crippen LogP contribution is 2.23. The van der Waals surface area contributed by atoms with Crippen LogP contribution in [0.5, 0.6) is 0 Å². The Morgan fingerprint density at radius 2 is 2.37 bits per heavy atom. The molecule has 1 aromatic carbocycles. The summed E-state index contributed by atoms with van der Waals surface area (Å²) in [4.78, 5) is 13.9. The summed E-state index contributed by atoms with van der Waals surface area (Å²) in [6.07, 6.45) is 1.91. The molecule has 0 radical (unpaired) electrons. The van der Waals surface area contributed by atoms with Gasteiger partial charge in [-0.2, -0.15) is 11.8 Å². The zero-order valence-electron chi connectivity index (χ0n) is 10.8. The predicted octanol–water partition coefficient (Wildman–Crippen LogP) is 2.08. The molecule has 1 aliphatic rings. The lowest BCUT2D eigenvalue weighted by molar-refractivity contribution is -0.131. The first-order valence-corrected chi connectivity index (χ1v) is 7.36. The second-order valence-electron chi connectivity index (χ2n) is 4.30. The Hall–Kier alpha value is -0.780. The smallest absolute Gasteiger partial charge is 0.233 e. The van der Waals surface area contributed by atoms with E-state index < -0.39 is 0 Å². The van der Waals surface area contributed by atoms with Crippen molar-refractivity contribution in [2.45, 2.75) is 6.04 Å². The maximum Gasteiger partial charge on any atom is 0.233 e. The van der Waals surface area contributed by atoms with Crippen LogP contribution < -0.4 is 5.32 Å². The van der Waals surface area contributed by atoms with E-state index >= 15 is 0 Å². The van der Waals surface area contributed by atoms with Gasteiger partial charge in [0.05, 0.1) is 11.8 Å². The molecule has 1 unspecified atom stereocenters. The number of carbonyl (C=O) groups excluding carboxylic acids is 1. The number of benzene rings is 1. The number of hydrogen-bond donors (Lipinski definition) is 1. The fourth-order valence-electron chi connectivity index (χ4n) is 2.22. The summed E-state index contributed by atoms with van der Waals surface area (Å²) in [7, 11) is 0. The molecule has 1 atom stereocenters. The molecule has 1 amide bonds. The van der Waals surface area contributed by atoms with Crippen molar-refractivity contribution in [1.29, 1.82) is 0 Å². The van der Waals surface area contributed by atoms with Crippen molar-refractivity contribution < 1.29 is 9.18 Å². The van der Waals surface area contributed by atoms with Gasteiger partial charge in [0.15, 0.2) is 0 Å². The van der Waals surface area contributed by atoms with Crippen LogP contribution in [0.3, 0.4) is 0 Å². The van der Waals surface area contributed by atoms with Crippen LogP contribution in [0.4, 0.5) is 4.39 Å². The van der Waals surface area contributed by atoms with E-state index in [4.69, 9.17) is 0 Å². The average molecular weight is 305 g/mol. The Morgan fingerprint density at radius 3 is 3.05 bits per heavy atom. The molecule has 1 N–H and O–H groups in total. The third kappa shape index (κ3) is 4.09. The first-order valence-electron chi connectivity index (χ1n) is 5.97. The first-order chi connectivity index (χ1) is 8.72. The topological polar surface area (TPSA) is 32.3 Å². The fourth-order valence-corrected chi connectivity index (χ4v) is 2.63. The molecule has 1 heterocycles. The van der Waals surface area contributed by atoms with Crippen molar-refractivity contribution in [3.8, 4) is 0 Å². The SMILES string of the molecule is CSCC(=O)N1CCNCC1c1cccc(F)c1.Cl. The van der Waals surface area contributed by atoms with Crippen molar-refractivity contribution in [3.05, 3.63) is 35.6 Å². The number of rotatable bonds is 3. The summed E-state index contributed by atoms with van der Waals surface area (Å²) in [5.41, 5.74) is 0.858. The van der Waals surface area contributed by atoms with Crippen LogP contribution in [0.25, 0.3) is 0 Å². The molecule has 0 spiro atoms. The Kier molecular flexibility index (Phi) is 6.62. The Bertz CT molecular complexity index is 433. The molecule has 1 aliphatic heterocycles. The van der Waals surface area contributed by atoms with Gasteiger partial charge in [0.2, 0.25) is 5.91 Å². The van der Waals surface area contributed by atoms with Gasteiger partial charge in [-0.1, -0.05) is 12.1 Å². The highest BCUT2D eigenvalue weighted by molar-refractivity contribution is 7.99. The van der Waals surface area contributed by atoms with Gasteiger partial charge >= 0.3 is 0 Å². The van der Waals surface area contributed by atoms with E-state index in [1.54, 1.807) is 6.07 Å². The van der Waals surface area contributed by atoms with Crippen LogP contribution in [0.2, 0.25) is 0 Å². The Balaban J connectivity index is 0.00000180. The molecule has 3 nitrogen and oxygen atoms in total. The van der Waals surface area contributed by atoms with E-state index in [0.29, 0.717) is 18.8 Å². The third-order valence-electron chi connectivity index (χ3n) is 3.06. The zero-order chi connectivity index (χ0) is 13.0. The van der Waals surface area contributed by atoms with Crippen LogP contribution in [0, 0.1) is 5.82 Å². The standard InChI is InChI=1S/C13H17FN2OS.ClH/c1-18-9-13(17)16-6-5-15-8-12(16)10-3-2-4-11(14)7-10;/h2-4,7,12,15H,5-6,8-9H2,1H3;1H. The van der Waals surface area contributed by atoms with Crippen LogP contribution in [-0.4, -0.2) is 42.4 Å². The predicted molar refractivity (Wildman–Crippen MR) is 79.4 cm³/mol. The third-order valence-corrected chi connectivity index (χ3v) is 3.60. The van der Waals surface area contributed by atoms with Crippen molar-refractivity contribution in [3.63, 3.8) is 0 Å². The molecule has 2 rings (SSSR count). The lowest BCUT2D eigenvalue weighted by Gasteiger charge is -2.36. The van der Waals surface area contributed by atoms with Crippen molar-refractivity contribution in [2.75, 3.05) is 31.6 Å². The van der Waals surface area contributed by atoms with Crippen LogP contribution >= 0.6 is 24.2 Å². The van der Waals surface area contributed by atoms with Gasteiger partial charge in [0, 0.05) is 19.6 Å². The number of hydrogen-bond acceptors (Lipinski definition) is 3. The second-order valence-corrected chi connectivity index (χ2v) is 5.16. The van der Waals surface area contributed by atoms with Crippen LogP contribution in [0.1, 0.15) is 11.6 Å². The summed E-state index contributed by atoms with van der Waals surface area (Å²) in [5.74, 6) is 0.347. The molecule has 1 fully saturated rings. The van der Waals surface area contributed by atoms with Crippen molar-refractivity contribution >= 4 is 30.1 Å². The van der Waals surface area contributed by atoms with E-state index in [0.717, 1.165) is 12.1 Å². The highest BCUT2D eigenvalue weighted by atomic mass is 35.5. The number of nitrogens with one attached hydrogen (secondary N) is 1. The van der Waals surface area contributed by atoms with Gasteiger partial charge < -0.3 is 10.2 Å². The Labute approximate surface area is 123 Å². The summed E-state index contributed by atoms with van der Waals surface area (Å²) >= 11 is 1.52. The van der Waals surface area contributed by atoms with Gasteiger partial charge in [-0.15, -0.1) is 12.4 Å². The van der Waals surface area contributed by atoms with Gasteiger partial charge in [-0.05, 0) is 24.0 Å². The van der Waals surface area contributed by atoms with E-state index in [1.165, 1.54) is 23.9 Å². The van der Waals surface area contributed by atoms with Gasteiger partial charge in [0.25, 0.3) is 0 Å². The summed E-state index contributed by atoms with van der Waals surface area (Å²) < 4.78 is 13.3. The molecule has 0 aliphatic carbocycles. The fraction of sp³-hybridized carbons (Fsp3) is 0.462.